The Labute approximate surface area is 184 Å². The van der Waals surface area contributed by atoms with Crippen LogP contribution in [0.5, 0.6) is 0 Å². The van der Waals surface area contributed by atoms with E-state index in [1.165, 1.54) is 32.1 Å². The molecule has 3 heterocycles. The van der Waals surface area contributed by atoms with Crippen LogP contribution in [0.15, 0.2) is 44.4 Å². The molecule has 0 atom stereocenters. The van der Waals surface area contributed by atoms with Gasteiger partial charge >= 0.3 is 0 Å². The quantitative estimate of drug-likeness (QED) is 0.371. The number of aryl methyl sites for hydroxylation is 2. The smallest absolute Gasteiger partial charge is 0.253 e. The van der Waals surface area contributed by atoms with Crippen molar-refractivity contribution < 1.29 is 8.94 Å². The van der Waals surface area contributed by atoms with Crippen LogP contribution >= 0.6 is 11.8 Å². The summed E-state index contributed by atoms with van der Waals surface area (Å²) < 4.78 is 13.7. The molecule has 8 nitrogen and oxygen atoms in total. The number of thioether (sulfide) groups is 1. The topological polar surface area (TPSA) is 95.7 Å². The summed E-state index contributed by atoms with van der Waals surface area (Å²) >= 11 is 1.58. The monoisotopic (exact) mass is 436 g/mol. The molecular formula is C22H24N6O2S. The molecule has 0 unspecified atom stereocenters. The van der Waals surface area contributed by atoms with E-state index in [1.54, 1.807) is 11.8 Å². The zero-order valence-corrected chi connectivity index (χ0v) is 18.4. The van der Waals surface area contributed by atoms with E-state index >= 15 is 0 Å². The predicted octanol–water partition coefficient (Wildman–Crippen LogP) is 5.40. The molecule has 1 aromatic carbocycles. The van der Waals surface area contributed by atoms with E-state index < -0.39 is 0 Å². The summed E-state index contributed by atoms with van der Waals surface area (Å²) in [5.74, 6) is 3.10. The average molecular weight is 437 g/mol. The van der Waals surface area contributed by atoms with E-state index in [4.69, 9.17) is 8.94 Å². The van der Waals surface area contributed by atoms with Gasteiger partial charge in [-0.15, -0.1) is 20.4 Å². The van der Waals surface area contributed by atoms with Crippen LogP contribution in [0.3, 0.4) is 0 Å². The summed E-state index contributed by atoms with van der Waals surface area (Å²) in [4.78, 5) is 0. The summed E-state index contributed by atoms with van der Waals surface area (Å²) in [5.41, 5.74) is 2.38. The molecule has 0 radical (unpaired) electrons. The predicted molar refractivity (Wildman–Crippen MR) is 116 cm³/mol. The molecule has 0 saturated heterocycles. The van der Waals surface area contributed by atoms with Crippen LogP contribution in [-0.2, 0) is 5.75 Å². The molecule has 0 aliphatic heterocycles. The lowest BCUT2D eigenvalue weighted by atomic mass is 9.95. The third-order valence-electron chi connectivity index (χ3n) is 5.69. The van der Waals surface area contributed by atoms with Gasteiger partial charge in [0, 0.05) is 11.6 Å². The first kappa shape index (κ1) is 20.0. The van der Waals surface area contributed by atoms with Gasteiger partial charge in [-0.3, -0.25) is 0 Å². The second-order valence-electron chi connectivity index (χ2n) is 7.81. The maximum Gasteiger partial charge on any atom is 0.253 e. The number of hydrogen-bond acceptors (Lipinski definition) is 8. The van der Waals surface area contributed by atoms with Crippen molar-refractivity contribution in [2.24, 2.45) is 0 Å². The highest BCUT2D eigenvalue weighted by molar-refractivity contribution is 7.98. The number of nitrogens with zero attached hydrogens (tertiary/aromatic N) is 6. The third kappa shape index (κ3) is 4.01. The van der Waals surface area contributed by atoms with E-state index in [9.17, 15) is 0 Å². The van der Waals surface area contributed by atoms with Crippen molar-refractivity contribution in [3.05, 3.63) is 47.8 Å². The largest absolute Gasteiger partial charge is 0.420 e. The summed E-state index contributed by atoms with van der Waals surface area (Å²) in [6.45, 7) is 3.87. The highest BCUT2D eigenvalue weighted by atomic mass is 32.2. The van der Waals surface area contributed by atoms with Crippen LogP contribution in [0.25, 0.3) is 22.7 Å². The van der Waals surface area contributed by atoms with E-state index in [1.807, 2.05) is 44.2 Å². The van der Waals surface area contributed by atoms with Crippen LogP contribution in [0.4, 0.5) is 0 Å². The Balaban J connectivity index is 1.35. The zero-order valence-electron chi connectivity index (χ0n) is 17.6. The zero-order chi connectivity index (χ0) is 21.2. The number of benzene rings is 1. The van der Waals surface area contributed by atoms with Gasteiger partial charge in [-0.1, -0.05) is 66.5 Å². The van der Waals surface area contributed by atoms with Crippen molar-refractivity contribution in [1.29, 1.82) is 0 Å². The Bertz CT molecular complexity index is 1160. The molecule has 1 fully saturated rings. The van der Waals surface area contributed by atoms with Crippen LogP contribution < -0.4 is 0 Å². The van der Waals surface area contributed by atoms with Crippen molar-refractivity contribution in [3.8, 4) is 22.7 Å². The number of rotatable bonds is 6. The standard InChI is InChI=1S/C22H24N6O2S/c1-14-19(20(27-30-14)16-9-5-3-6-10-16)21-25-24-18(29-21)13-31-22-26-23-15(2)28(22)17-11-7-4-8-12-17/h3,5-6,9-10,17H,4,7-8,11-13H2,1-2H3. The van der Waals surface area contributed by atoms with E-state index in [-0.39, 0.29) is 0 Å². The molecule has 0 amide bonds. The van der Waals surface area contributed by atoms with Crippen LogP contribution in [0.2, 0.25) is 0 Å². The van der Waals surface area contributed by atoms with Crippen molar-refractivity contribution in [2.75, 3.05) is 0 Å². The SMILES string of the molecule is Cc1onc(-c2ccccc2)c1-c1nnc(CSc2nnc(C)n2C2CCCCC2)o1. The molecule has 0 bridgehead atoms. The van der Waals surface area contributed by atoms with Crippen LogP contribution in [-0.4, -0.2) is 30.1 Å². The summed E-state index contributed by atoms with van der Waals surface area (Å²) in [5, 5.41) is 22.3. The van der Waals surface area contributed by atoms with Crippen molar-refractivity contribution in [3.63, 3.8) is 0 Å². The van der Waals surface area contributed by atoms with Crippen molar-refractivity contribution in [2.45, 2.75) is 62.9 Å². The van der Waals surface area contributed by atoms with Crippen molar-refractivity contribution >= 4 is 11.8 Å². The highest BCUT2D eigenvalue weighted by Crippen LogP contribution is 2.35. The van der Waals surface area contributed by atoms with Gasteiger partial charge in [0.05, 0.1) is 5.75 Å². The molecule has 1 saturated carbocycles. The highest BCUT2D eigenvalue weighted by Gasteiger charge is 2.24. The first-order valence-corrected chi connectivity index (χ1v) is 11.6. The van der Waals surface area contributed by atoms with Gasteiger partial charge in [-0.2, -0.15) is 0 Å². The maximum atomic E-state index is 5.98. The summed E-state index contributed by atoms with van der Waals surface area (Å²) in [6, 6.07) is 10.3. The minimum Gasteiger partial charge on any atom is -0.420 e. The van der Waals surface area contributed by atoms with Crippen LogP contribution in [0, 0.1) is 13.8 Å². The van der Waals surface area contributed by atoms with Gasteiger partial charge in [-0.25, -0.2) is 0 Å². The molecule has 160 valence electrons. The number of aromatic nitrogens is 6. The molecule has 9 heteroatoms. The first-order chi connectivity index (χ1) is 15.2. The fraction of sp³-hybridized carbons (Fsp3) is 0.409. The van der Waals surface area contributed by atoms with Crippen LogP contribution in [0.1, 0.15) is 55.6 Å². The Kier molecular flexibility index (Phi) is 5.59. The Morgan fingerprint density at radius 1 is 1.00 bits per heavy atom. The molecule has 1 aliphatic rings. The van der Waals surface area contributed by atoms with Gasteiger partial charge in [0.2, 0.25) is 5.89 Å². The molecule has 1 aliphatic carbocycles. The normalized spacial score (nSPS) is 14.9. The lowest BCUT2D eigenvalue weighted by Gasteiger charge is -2.24. The fourth-order valence-corrected chi connectivity index (χ4v) is 5.05. The fourth-order valence-electron chi connectivity index (χ4n) is 4.16. The Hall–Kier alpha value is -2.94. The molecule has 31 heavy (non-hydrogen) atoms. The van der Waals surface area contributed by atoms with Gasteiger partial charge in [0.25, 0.3) is 5.89 Å². The molecule has 5 rings (SSSR count). The minimum atomic E-state index is 0.415. The van der Waals surface area contributed by atoms with E-state index in [0.717, 1.165) is 22.1 Å². The maximum absolute atomic E-state index is 5.98. The van der Waals surface area contributed by atoms with Gasteiger partial charge < -0.3 is 13.5 Å². The van der Waals surface area contributed by atoms with Gasteiger partial charge in [0.1, 0.15) is 22.8 Å². The molecule has 4 aromatic rings. The second-order valence-corrected chi connectivity index (χ2v) is 8.75. The second kappa shape index (κ2) is 8.66. The third-order valence-corrected chi connectivity index (χ3v) is 6.62. The lowest BCUT2D eigenvalue weighted by molar-refractivity contribution is 0.332. The number of hydrogen-bond donors (Lipinski definition) is 0. The van der Waals surface area contributed by atoms with E-state index in [2.05, 4.69) is 30.1 Å². The average Bonchev–Trinajstić information content (AvgIpc) is 3.52. The molecule has 0 spiro atoms. The summed E-state index contributed by atoms with van der Waals surface area (Å²) in [7, 11) is 0. The molecule has 0 N–H and O–H groups in total. The minimum absolute atomic E-state index is 0.415. The lowest BCUT2D eigenvalue weighted by Crippen LogP contribution is -2.15. The van der Waals surface area contributed by atoms with Gasteiger partial charge in [0.15, 0.2) is 5.16 Å². The van der Waals surface area contributed by atoms with Crippen molar-refractivity contribution in [1.82, 2.24) is 30.1 Å². The van der Waals surface area contributed by atoms with Gasteiger partial charge in [-0.05, 0) is 26.7 Å². The first-order valence-electron chi connectivity index (χ1n) is 10.6. The Morgan fingerprint density at radius 2 is 1.81 bits per heavy atom. The summed E-state index contributed by atoms with van der Waals surface area (Å²) in [6.07, 6.45) is 6.22. The Morgan fingerprint density at radius 3 is 2.61 bits per heavy atom. The van der Waals surface area contributed by atoms with E-state index in [0.29, 0.717) is 35.0 Å². The molecular weight excluding hydrogens is 412 g/mol. The molecule has 3 aromatic heterocycles.